The molecule has 6 nitrogen and oxygen atoms in total. The number of esters is 1. The minimum absolute atomic E-state index is 0.0742. The normalized spacial score (nSPS) is 11.5. The number of carbonyl (C=O) groups is 3. The van der Waals surface area contributed by atoms with E-state index in [9.17, 15) is 14.4 Å². The molecule has 0 fully saturated rings. The molecule has 23 heavy (non-hydrogen) atoms. The number of benzene rings is 1. The Morgan fingerprint density at radius 2 is 1.96 bits per heavy atom. The summed E-state index contributed by atoms with van der Waals surface area (Å²) in [6.07, 6.45) is -0.0742. The van der Waals surface area contributed by atoms with Crippen molar-refractivity contribution in [2.24, 2.45) is 0 Å². The fourth-order valence-electron chi connectivity index (χ4n) is 1.69. The predicted octanol–water partition coefficient (Wildman–Crippen LogP) is 1.72. The summed E-state index contributed by atoms with van der Waals surface area (Å²) in [5.74, 6) is -1.46. The van der Waals surface area contributed by atoms with Gasteiger partial charge in [-0.3, -0.25) is 14.4 Å². The molecular weight excluding hydrogens is 343 g/mol. The summed E-state index contributed by atoms with van der Waals surface area (Å²) in [6, 6.07) is 4.04. The SMILES string of the molecule is CCNC(=O)[C@@H](C)NC(=O)COC(=O)Cc1ccc(Cl)cc1Cl. The molecule has 1 atom stereocenters. The van der Waals surface area contributed by atoms with Crippen molar-refractivity contribution >= 4 is 41.0 Å². The van der Waals surface area contributed by atoms with Gasteiger partial charge in [-0.15, -0.1) is 0 Å². The Labute approximate surface area is 144 Å². The lowest BCUT2D eigenvalue weighted by Gasteiger charge is -2.13. The number of rotatable bonds is 7. The van der Waals surface area contributed by atoms with Crippen LogP contribution in [0.3, 0.4) is 0 Å². The maximum Gasteiger partial charge on any atom is 0.310 e. The molecule has 1 aromatic rings. The molecule has 1 rings (SSSR count). The van der Waals surface area contributed by atoms with Crippen LogP contribution < -0.4 is 10.6 Å². The van der Waals surface area contributed by atoms with Crippen molar-refractivity contribution < 1.29 is 19.1 Å². The number of hydrogen-bond donors (Lipinski definition) is 2. The van der Waals surface area contributed by atoms with Gasteiger partial charge < -0.3 is 15.4 Å². The molecular formula is C15H18Cl2N2O4. The van der Waals surface area contributed by atoms with Crippen LogP contribution >= 0.6 is 23.2 Å². The number of nitrogens with one attached hydrogen (secondary N) is 2. The average Bonchev–Trinajstić information content (AvgIpc) is 2.48. The topological polar surface area (TPSA) is 84.5 Å². The first-order valence-electron chi connectivity index (χ1n) is 7.00. The Balaban J connectivity index is 2.40. The molecule has 126 valence electrons. The predicted molar refractivity (Wildman–Crippen MR) is 87.4 cm³/mol. The summed E-state index contributed by atoms with van der Waals surface area (Å²) in [6.45, 7) is 3.32. The van der Waals surface area contributed by atoms with E-state index in [0.717, 1.165) is 0 Å². The molecule has 2 amide bonds. The Morgan fingerprint density at radius 3 is 2.57 bits per heavy atom. The van der Waals surface area contributed by atoms with Gasteiger partial charge in [-0.25, -0.2) is 0 Å². The number of likely N-dealkylation sites (N-methyl/N-ethyl adjacent to an activating group) is 1. The van der Waals surface area contributed by atoms with Crippen molar-refractivity contribution in [2.45, 2.75) is 26.3 Å². The van der Waals surface area contributed by atoms with Crippen molar-refractivity contribution in [3.05, 3.63) is 33.8 Å². The van der Waals surface area contributed by atoms with Gasteiger partial charge in [0.05, 0.1) is 6.42 Å². The Kier molecular flexibility index (Phi) is 7.85. The maximum absolute atomic E-state index is 11.7. The van der Waals surface area contributed by atoms with Crippen LogP contribution in [0.2, 0.25) is 10.0 Å². The van der Waals surface area contributed by atoms with E-state index in [0.29, 0.717) is 22.2 Å². The lowest BCUT2D eigenvalue weighted by atomic mass is 10.1. The molecule has 8 heteroatoms. The van der Waals surface area contributed by atoms with E-state index in [1.807, 2.05) is 0 Å². The zero-order valence-corrected chi connectivity index (χ0v) is 14.3. The lowest BCUT2D eigenvalue weighted by molar-refractivity contribution is -0.148. The van der Waals surface area contributed by atoms with Gasteiger partial charge in [0.2, 0.25) is 5.91 Å². The molecule has 0 bridgehead atoms. The zero-order chi connectivity index (χ0) is 17.4. The van der Waals surface area contributed by atoms with Crippen LogP contribution in [-0.2, 0) is 25.5 Å². The monoisotopic (exact) mass is 360 g/mol. The summed E-state index contributed by atoms with van der Waals surface area (Å²) in [7, 11) is 0. The van der Waals surface area contributed by atoms with Crippen molar-refractivity contribution in [3.8, 4) is 0 Å². The lowest BCUT2D eigenvalue weighted by Crippen LogP contribution is -2.46. The minimum atomic E-state index is -0.702. The summed E-state index contributed by atoms with van der Waals surface area (Å²) in [5.41, 5.74) is 0.553. The van der Waals surface area contributed by atoms with Gasteiger partial charge in [0.1, 0.15) is 6.04 Å². The molecule has 0 aromatic heterocycles. The highest BCUT2D eigenvalue weighted by atomic mass is 35.5. The van der Waals surface area contributed by atoms with Gasteiger partial charge in [-0.2, -0.15) is 0 Å². The van der Waals surface area contributed by atoms with E-state index in [1.54, 1.807) is 19.1 Å². The van der Waals surface area contributed by atoms with Gasteiger partial charge in [-0.1, -0.05) is 29.3 Å². The molecule has 0 spiro atoms. The van der Waals surface area contributed by atoms with E-state index >= 15 is 0 Å². The van der Waals surface area contributed by atoms with Crippen molar-refractivity contribution in [1.29, 1.82) is 0 Å². The van der Waals surface area contributed by atoms with Gasteiger partial charge >= 0.3 is 5.97 Å². The summed E-state index contributed by atoms with van der Waals surface area (Å²) < 4.78 is 4.86. The Bertz CT molecular complexity index is 593. The zero-order valence-electron chi connectivity index (χ0n) is 12.8. The first kappa shape index (κ1) is 19.3. The largest absolute Gasteiger partial charge is 0.455 e. The smallest absolute Gasteiger partial charge is 0.310 e. The highest BCUT2D eigenvalue weighted by molar-refractivity contribution is 6.35. The van der Waals surface area contributed by atoms with E-state index in [4.69, 9.17) is 27.9 Å². The van der Waals surface area contributed by atoms with Crippen molar-refractivity contribution in [2.75, 3.05) is 13.2 Å². The van der Waals surface area contributed by atoms with Gasteiger partial charge in [0.15, 0.2) is 6.61 Å². The van der Waals surface area contributed by atoms with Crippen LogP contribution in [0.25, 0.3) is 0 Å². The van der Waals surface area contributed by atoms with Crippen LogP contribution in [-0.4, -0.2) is 37.0 Å². The van der Waals surface area contributed by atoms with E-state index < -0.39 is 24.5 Å². The van der Waals surface area contributed by atoms with Crippen molar-refractivity contribution in [1.82, 2.24) is 10.6 Å². The molecule has 0 aliphatic carbocycles. The third kappa shape index (κ3) is 6.88. The molecule has 0 unspecified atom stereocenters. The van der Waals surface area contributed by atoms with Gasteiger partial charge in [0.25, 0.3) is 5.91 Å². The van der Waals surface area contributed by atoms with E-state index in [-0.39, 0.29) is 12.3 Å². The van der Waals surface area contributed by atoms with Crippen LogP contribution in [0, 0.1) is 0 Å². The third-order valence-corrected chi connectivity index (χ3v) is 3.42. The van der Waals surface area contributed by atoms with Crippen LogP contribution in [0.1, 0.15) is 19.4 Å². The second-order valence-corrected chi connectivity index (χ2v) is 5.60. The standard InChI is InChI=1S/C15H18Cl2N2O4/c1-3-18-15(22)9(2)19-13(20)8-23-14(21)6-10-4-5-11(16)7-12(10)17/h4-5,7,9H,3,6,8H2,1-2H3,(H,18,22)(H,19,20)/t9-/m1/s1. The first-order chi connectivity index (χ1) is 10.8. The number of hydrogen-bond acceptors (Lipinski definition) is 4. The number of carbonyl (C=O) groups excluding carboxylic acids is 3. The summed E-state index contributed by atoms with van der Waals surface area (Å²) >= 11 is 11.7. The van der Waals surface area contributed by atoms with Crippen molar-refractivity contribution in [3.63, 3.8) is 0 Å². The van der Waals surface area contributed by atoms with E-state index in [2.05, 4.69) is 10.6 Å². The number of amides is 2. The van der Waals surface area contributed by atoms with Gasteiger partial charge in [-0.05, 0) is 31.5 Å². The molecule has 0 saturated heterocycles. The number of halogens is 2. The second-order valence-electron chi connectivity index (χ2n) is 4.76. The Hall–Kier alpha value is -1.79. The first-order valence-corrected chi connectivity index (χ1v) is 7.75. The summed E-state index contributed by atoms with van der Waals surface area (Å²) in [4.78, 5) is 34.8. The molecule has 0 radical (unpaired) electrons. The van der Waals surface area contributed by atoms with Crippen LogP contribution in [0.4, 0.5) is 0 Å². The highest BCUT2D eigenvalue weighted by Crippen LogP contribution is 2.21. The average molecular weight is 361 g/mol. The Morgan fingerprint density at radius 1 is 1.26 bits per heavy atom. The third-order valence-electron chi connectivity index (χ3n) is 2.84. The molecule has 1 aromatic carbocycles. The molecule has 0 saturated carbocycles. The number of ether oxygens (including phenoxy) is 1. The van der Waals surface area contributed by atoms with Crippen LogP contribution in [0.5, 0.6) is 0 Å². The highest BCUT2D eigenvalue weighted by Gasteiger charge is 2.16. The minimum Gasteiger partial charge on any atom is -0.455 e. The fourth-order valence-corrected chi connectivity index (χ4v) is 2.17. The second kappa shape index (κ2) is 9.37. The quantitative estimate of drug-likeness (QED) is 0.725. The maximum atomic E-state index is 11.7. The summed E-state index contributed by atoms with van der Waals surface area (Å²) in [5, 5.41) is 5.82. The van der Waals surface area contributed by atoms with Gasteiger partial charge in [0, 0.05) is 16.6 Å². The molecule has 0 heterocycles. The van der Waals surface area contributed by atoms with E-state index in [1.165, 1.54) is 13.0 Å². The molecule has 0 aliphatic heterocycles. The fraction of sp³-hybridized carbons (Fsp3) is 0.400. The molecule has 2 N–H and O–H groups in total. The molecule has 0 aliphatic rings. The van der Waals surface area contributed by atoms with Crippen LogP contribution in [0.15, 0.2) is 18.2 Å².